The van der Waals surface area contributed by atoms with Gasteiger partial charge in [0.25, 0.3) is 5.91 Å². The van der Waals surface area contributed by atoms with E-state index in [4.69, 9.17) is 0 Å². The summed E-state index contributed by atoms with van der Waals surface area (Å²) in [5.41, 5.74) is 3.86. The Morgan fingerprint density at radius 2 is 1.87 bits per heavy atom. The minimum absolute atomic E-state index is 0.0586. The largest absolute Gasteiger partial charge is 0.354 e. The van der Waals surface area contributed by atoms with Gasteiger partial charge in [-0.15, -0.1) is 0 Å². The van der Waals surface area contributed by atoms with Crippen LogP contribution in [0.5, 0.6) is 0 Å². The summed E-state index contributed by atoms with van der Waals surface area (Å²) in [7, 11) is 0. The number of amides is 1. The molecule has 0 spiro atoms. The fourth-order valence-electron chi connectivity index (χ4n) is 2.31. The number of aliphatic imine (C=N–C) groups is 1. The maximum atomic E-state index is 12.1. The average Bonchev–Trinajstić information content (AvgIpc) is 3.07. The lowest BCUT2D eigenvalue weighted by atomic mass is 10.1. The van der Waals surface area contributed by atoms with Gasteiger partial charge in [0.1, 0.15) is 0 Å². The second-order valence-electron chi connectivity index (χ2n) is 5.53. The molecular formula is C18H20N4O. The van der Waals surface area contributed by atoms with Gasteiger partial charge < -0.3 is 16.0 Å². The topological polar surface area (TPSA) is 65.5 Å². The molecule has 0 aliphatic carbocycles. The van der Waals surface area contributed by atoms with Gasteiger partial charge in [0.15, 0.2) is 5.96 Å². The van der Waals surface area contributed by atoms with Gasteiger partial charge in [-0.2, -0.15) is 0 Å². The lowest BCUT2D eigenvalue weighted by Crippen LogP contribution is -2.26. The van der Waals surface area contributed by atoms with Gasteiger partial charge in [-0.1, -0.05) is 29.8 Å². The summed E-state index contributed by atoms with van der Waals surface area (Å²) in [6.07, 6.45) is 0. The van der Waals surface area contributed by atoms with Crippen molar-refractivity contribution in [2.75, 3.05) is 18.4 Å². The van der Waals surface area contributed by atoms with Crippen LogP contribution in [0, 0.1) is 6.92 Å². The number of hydrogen-bond acceptors (Lipinski definition) is 4. The van der Waals surface area contributed by atoms with Crippen molar-refractivity contribution in [2.24, 2.45) is 4.99 Å². The molecule has 23 heavy (non-hydrogen) atoms. The van der Waals surface area contributed by atoms with E-state index in [0.29, 0.717) is 12.1 Å². The molecule has 118 valence electrons. The molecular weight excluding hydrogens is 288 g/mol. The Morgan fingerprint density at radius 3 is 2.52 bits per heavy atom. The normalized spacial score (nSPS) is 13.2. The van der Waals surface area contributed by atoms with E-state index < -0.39 is 0 Å². The van der Waals surface area contributed by atoms with E-state index in [-0.39, 0.29) is 5.91 Å². The second kappa shape index (κ2) is 6.96. The summed E-state index contributed by atoms with van der Waals surface area (Å²) in [5.74, 6) is 0.752. The molecule has 1 aliphatic heterocycles. The number of carbonyl (C=O) groups excluding carboxylic acids is 1. The Bertz CT molecular complexity index is 705. The fourth-order valence-corrected chi connectivity index (χ4v) is 2.31. The van der Waals surface area contributed by atoms with Crippen LogP contribution in [0.2, 0.25) is 0 Å². The number of rotatable bonds is 4. The monoisotopic (exact) mass is 308 g/mol. The molecule has 0 bridgehead atoms. The van der Waals surface area contributed by atoms with Crippen LogP contribution in [0.1, 0.15) is 21.5 Å². The molecule has 1 amide bonds. The summed E-state index contributed by atoms with van der Waals surface area (Å²) in [4.78, 5) is 16.4. The Morgan fingerprint density at radius 1 is 1.13 bits per heavy atom. The Balaban J connectivity index is 1.53. The Hall–Kier alpha value is -2.82. The SMILES string of the molecule is Cc1ccc(C(=O)NCc2ccc(NC3=NCCN3)cc2)cc1. The number of carbonyl (C=O) groups is 1. The molecule has 1 aliphatic rings. The van der Waals surface area contributed by atoms with Crippen LogP contribution in [-0.2, 0) is 6.54 Å². The molecule has 0 fully saturated rings. The maximum absolute atomic E-state index is 12.1. The molecule has 1 heterocycles. The minimum atomic E-state index is -0.0586. The molecule has 2 aromatic carbocycles. The quantitative estimate of drug-likeness (QED) is 0.812. The van der Waals surface area contributed by atoms with Crippen molar-refractivity contribution < 1.29 is 4.79 Å². The van der Waals surface area contributed by atoms with Gasteiger partial charge in [-0.25, -0.2) is 0 Å². The number of anilines is 1. The molecule has 2 aromatic rings. The third-order valence-corrected chi connectivity index (χ3v) is 3.66. The third-order valence-electron chi connectivity index (χ3n) is 3.66. The van der Waals surface area contributed by atoms with Crippen molar-refractivity contribution in [1.82, 2.24) is 10.6 Å². The van der Waals surface area contributed by atoms with E-state index in [1.54, 1.807) is 0 Å². The first-order valence-corrected chi connectivity index (χ1v) is 7.70. The predicted molar refractivity (Wildman–Crippen MR) is 92.7 cm³/mol. The van der Waals surface area contributed by atoms with Gasteiger partial charge >= 0.3 is 0 Å². The Kier molecular flexibility index (Phi) is 4.57. The van der Waals surface area contributed by atoms with Crippen molar-refractivity contribution >= 4 is 17.6 Å². The number of guanidine groups is 1. The van der Waals surface area contributed by atoms with Crippen LogP contribution in [0.15, 0.2) is 53.5 Å². The molecule has 3 N–H and O–H groups in total. The molecule has 0 aromatic heterocycles. The molecule has 3 rings (SSSR count). The van der Waals surface area contributed by atoms with E-state index >= 15 is 0 Å². The summed E-state index contributed by atoms with van der Waals surface area (Å²) >= 11 is 0. The van der Waals surface area contributed by atoms with Crippen LogP contribution in [0.4, 0.5) is 5.69 Å². The van der Waals surface area contributed by atoms with Crippen molar-refractivity contribution in [2.45, 2.75) is 13.5 Å². The smallest absolute Gasteiger partial charge is 0.251 e. The van der Waals surface area contributed by atoms with Gasteiger partial charge in [0, 0.05) is 24.3 Å². The first-order valence-electron chi connectivity index (χ1n) is 7.70. The summed E-state index contributed by atoms with van der Waals surface area (Å²) in [5, 5.41) is 9.31. The summed E-state index contributed by atoms with van der Waals surface area (Å²) < 4.78 is 0. The van der Waals surface area contributed by atoms with Crippen LogP contribution in [0.3, 0.4) is 0 Å². The number of aryl methyl sites for hydroxylation is 1. The van der Waals surface area contributed by atoms with Gasteiger partial charge in [-0.05, 0) is 36.8 Å². The molecule has 5 heteroatoms. The second-order valence-corrected chi connectivity index (χ2v) is 5.53. The van der Waals surface area contributed by atoms with Crippen LogP contribution in [-0.4, -0.2) is 25.0 Å². The molecule has 0 unspecified atom stereocenters. The van der Waals surface area contributed by atoms with Crippen LogP contribution in [0.25, 0.3) is 0 Å². The van der Waals surface area contributed by atoms with Gasteiger partial charge in [-0.3, -0.25) is 9.79 Å². The zero-order chi connectivity index (χ0) is 16.1. The zero-order valence-corrected chi connectivity index (χ0v) is 13.1. The molecule has 0 radical (unpaired) electrons. The highest BCUT2D eigenvalue weighted by atomic mass is 16.1. The predicted octanol–water partition coefficient (Wildman–Crippen LogP) is 2.30. The number of hydrogen-bond donors (Lipinski definition) is 3. The number of nitrogens with zero attached hydrogens (tertiary/aromatic N) is 1. The summed E-state index contributed by atoms with van der Waals surface area (Å²) in [6.45, 7) is 4.20. The zero-order valence-electron chi connectivity index (χ0n) is 13.1. The van der Waals surface area contributed by atoms with Crippen molar-refractivity contribution in [1.29, 1.82) is 0 Å². The van der Waals surface area contributed by atoms with Crippen LogP contribution < -0.4 is 16.0 Å². The van der Waals surface area contributed by atoms with E-state index in [0.717, 1.165) is 35.9 Å². The molecule has 0 saturated heterocycles. The van der Waals surface area contributed by atoms with E-state index in [2.05, 4.69) is 20.9 Å². The first-order chi connectivity index (χ1) is 11.2. The highest BCUT2D eigenvalue weighted by Crippen LogP contribution is 2.10. The maximum Gasteiger partial charge on any atom is 0.251 e. The van der Waals surface area contributed by atoms with Gasteiger partial charge in [0.2, 0.25) is 0 Å². The lowest BCUT2D eigenvalue weighted by Gasteiger charge is -2.09. The van der Waals surface area contributed by atoms with Crippen LogP contribution >= 0.6 is 0 Å². The highest BCUT2D eigenvalue weighted by molar-refractivity contribution is 5.95. The van der Waals surface area contributed by atoms with Gasteiger partial charge in [0.05, 0.1) is 6.54 Å². The van der Waals surface area contributed by atoms with E-state index in [1.165, 1.54) is 0 Å². The van der Waals surface area contributed by atoms with Crippen molar-refractivity contribution in [3.05, 3.63) is 65.2 Å². The highest BCUT2D eigenvalue weighted by Gasteiger charge is 2.06. The molecule has 0 saturated carbocycles. The number of benzene rings is 2. The van der Waals surface area contributed by atoms with Crippen molar-refractivity contribution in [3.8, 4) is 0 Å². The molecule has 5 nitrogen and oxygen atoms in total. The van der Waals surface area contributed by atoms with E-state index in [9.17, 15) is 4.79 Å². The standard InChI is InChI=1S/C18H20N4O/c1-13-2-6-15(7-3-13)17(23)21-12-14-4-8-16(9-5-14)22-18-19-10-11-20-18/h2-9H,10-12H2,1H3,(H,21,23)(H2,19,20,22). The fraction of sp³-hybridized carbons (Fsp3) is 0.222. The van der Waals surface area contributed by atoms with E-state index in [1.807, 2.05) is 55.5 Å². The first kappa shape index (κ1) is 15.1. The average molecular weight is 308 g/mol. The third kappa shape index (κ3) is 4.10. The van der Waals surface area contributed by atoms with Crippen molar-refractivity contribution in [3.63, 3.8) is 0 Å². The molecule has 0 atom stereocenters. The minimum Gasteiger partial charge on any atom is -0.354 e. The number of nitrogens with one attached hydrogen (secondary N) is 3. The lowest BCUT2D eigenvalue weighted by molar-refractivity contribution is 0.0951. The summed E-state index contributed by atoms with van der Waals surface area (Å²) in [6, 6.07) is 15.5. The Labute approximate surface area is 135 Å².